The molecule has 0 aromatic heterocycles. The number of aryl methyl sites for hydroxylation is 1. The highest BCUT2D eigenvalue weighted by Crippen LogP contribution is 2.34. The van der Waals surface area contributed by atoms with Crippen molar-refractivity contribution in [3.63, 3.8) is 0 Å². The molecule has 0 unspecified atom stereocenters. The maximum atomic E-state index is 11.8. The molecule has 0 spiro atoms. The fourth-order valence-electron chi connectivity index (χ4n) is 2.12. The van der Waals surface area contributed by atoms with E-state index < -0.39 is 0 Å². The van der Waals surface area contributed by atoms with Gasteiger partial charge in [-0.2, -0.15) is 0 Å². The van der Waals surface area contributed by atoms with Gasteiger partial charge in [0.15, 0.2) is 5.78 Å². The molecule has 0 aliphatic heterocycles. The number of methoxy groups -OCH3 is 2. The third-order valence-corrected chi connectivity index (χ3v) is 4.29. The van der Waals surface area contributed by atoms with Crippen LogP contribution in [-0.4, -0.2) is 33.4 Å². The molecule has 0 fully saturated rings. The number of carbonyl (C=O) groups excluding carboxylic acids is 2. The Hall–Kier alpha value is -2.11. The van der Waals surface area contributed by atoms with E-state index in [2.05, 4.69) is 10.8 Å². The second kappa shape index (κ2) is 15.0. The minimum atomic E-state index is 0.0299. The molecule has 5 heteroatoms. The number of aldehydes is 1. The van der Waals surface area contributed by atoms with E-state index in [0.717, 1.165) is 33.8 Å². The zero-order chi connectivity index (χ0) is 20.7. The summed E-state index contributed by atoms with van der Waals surface area (Å²) < 4.78 is 9.49. The highest BCUT2D eigenvalue weighted by molar-refractivity contribution is 7.99. The number of carbonyl (C=O) groups is 2. The van der Waals surface area contributed by atoms with Crippen molar-refractivity contribution in [3.8, 4) is 5.75 Å². The van der Waals surface area contributed by atoms with Crippen molar-refractivity contribution < 1.29 is 19.1 Å². The van der Waals surface area contributed by atoms with Gasteiger partial charge in [-0.3, -0.25) is 4.79 Å². The van der Waals surface area contributed by atoms with Crippen molar-refractivity contribution >= 4 is 23.8 Å². The van der Waals surface area contributed by atoms with Gasteiger partial charge < -0.3 is 14.3 Å². The summed E-state index contributed by atoms with van der Waals surface area (Å²) >= 11 is 1.53. The second-order valence-corrected chi connectivity index (χ2v) is 6.40. The first kappa shape index (κ1) is 24.9. The van der Waals surface area contributed by atoms with Gasteiger partial charge in [0.05, 0.1) is 7.11 Å². The Morgan fingerprint density at radius 3 is 2.30 bits per heavy atom. The maximum Gasteiger partial charge on any atom is 0.160 e. The summed E-state index contributed by atoms with van der Waals surface area (Å²) in [5, 5.41) is 0. The first-order valence-electron chi connectivity index (χ1n) is 8.85. The van der Waals surface area contributed by atoms with Crippen LogP contribution in [0.1, 0.15) is 43.1 Å². The zero-order valence-electron chi connectivity index (χ0n) is 17.1. The minimum Gasteiger partial charge on any atom is -0.497 e. The Kier molecular flexibility index (Phi) is 13.8. The zero-order valence-corrected chi connectivity index (χ0v) is 17.9. The van der Waals surface area contributed by atoms with E-state index in [-0.39, 0.29) is 5.78 Å². The molecular formula is C22H30O4S. The maximum absolute atomic E-state index is 11.8. The van der Waals surface area contributed by atoms with Crippen LogP contribution in [0.4, 0.5) is 0 Å². The Balaban J connectivity index is 0.00000123. The number of hydrogen-bond acceptors (Lipinski definition) is 5. The van der Waals surface area contributed by atoms with Crippen molar-refractivity contribution in [1.82, 2.24) is 0 Å². The normalized spacial score (nSPS) is 9.26. The lowest BCUT2D eigenvalue weighted by Gasteiger charge is -2.10. The van der Waals surface area contributed by atoms with Gasteiger partial charge in [0.1, 0.15) is 12.0 Å². The van der Waals surface area contributed by atoms with E-state index in [4.69, 9.17) is 4.74 Å². The van der Waals surface area contributed by atoms with Crippen LogP contribution in [0.25, 0.3) is 0 Å². The lowest BCUT2D eigenvalue weighted by Crippen LogP contribution is -1.96. The summed E-state index contributed by atoms with van der Waals surface area (Å²) in [6.45, 7) is 5.56. The van der Waals surface area contributed by atoms with Crippen LogP contribution < -0.4 is 4.74 Å². The van der Waals surface area contributed by atoms with Crippen molar-refractivity contribution in [2.75, 3.05) is 21.3 Å². The van der Waals surface area contributed by atoms with Gasteiger partial charge in [-0.15, -0.1) is 0 Å². The van der Waals surface area contributed by atoms with Gasteiger partial charge in [-0.25, -0.2) is 0 Å². The molecule has 0 aliphatic rings. The molecule has 0 N–H and O–H groups in total. The number of benzene rings is 2. The molecular weight excluding hydrogens is 360 g/mol. The van der Waals surface area contributed by atoms with Gasteiger partial charge in [0, 0.05) is 36.0 Å². The van der Waals surface area contributed by atoms with E-state index in [1.165, 1.54) is 11.8 Å². The van der Waals surface area contributed by atoms with Crippen LogP contribution in [0.3, 0.4) is 0 Å². The first-order chi connectivity index (χ1) is 13.0. The van der Waals surface area contributed by atoms with Crippen molar-refractivity contribution in [2.45, 2.75) is 43.4 Å². The number of Topliss-reactive ketones (excluding diaryl/α,β-unsaturated/α-hetero) is 1. The summed E-state index contributed by atoms with van der Waals surface area (Å²) in [7, 11) is 4.86. The van der Waals surface area contributed by atoms with Crippen LogP contribution in [-0.2, 0) is 16.0 Å². The van der Waals surface area contributed by atoms with Crippen LogP contribution in [0.5, 0.6) is 5.75 Å². The van der Waals surface area contributed by atoms with Crippen molar-refractivity contribution in [3.05, 3.63) is 53.6 Å². The van der Waals surface area contributed by atoms with Crippen LogP contribution in [0, 0.1) is 0 Å². The Morgan fingerprint density at radius 2 is 1.74 bits per heavy atom. The predicted molar refractivity (Wildman–Crippen MR) is 112 cm³/mol. The SMILES string of the molecule is CC.COC.COc1ccc(C(C)=O)c(Sc2cccc(CCC=O)c2)c1. The minimum absolute atomic E-state index is 0.0299. The molecule has 2 aromatic rings. The molecule has 4 nitrogen and oxygen atoms in total. The Bertz CT molecular complexity index is 698. The molecule has 0 bridgehead atoms. The predicted octanol–water partition coefficient (Wildman–Crippen LogP) is 5.47. The molecule has 0 saturated carbocycles. The van der Waals surface area contributed by atoms with Gasteiger partial charge >= 0.3 is 0 Å². The third-order valence-electron chi connectivity index (χ3n) is 3.25. The topological polar surface area (TPSA) is 52.6 Å². The number of rotatable bonds is 7. The summed E-state index contributed by atoms with van der Waals surface area (Å²) in [4.78, 5) is 24.2. The molecule has 0 saturated heterocycles. The van der Waals surface area contributed by atoms with Gasteiger partial charge in [-0.05, 0) is 49.2 Å². The molecule has 0 aliphatic carbocycles. The third kappa shape index (κ3) is 9.40. The van der Waals surface area contributed by atoms with Gasteiger partial charge in [0.25, 0.3) is 0 Å². The number of ketones is 1. The van der Waals surface area contributed by atoms with E-state index in [0.29, 0.717) is 12.0 Å². The fraction of sp³-hybridized carbons (Fsp3) is 0.364. The lowest BCUT2D eigenvalue weighted by molar-refractivity contribution is -0.107. The van der Waals surface area contributed by atoms with Crippen molar-refractivity contribution in [2.24, 2.45) is 0 Å². The standard InChI is InChI=1S/C18H18O3S.C2H6O.C2H6/c1-13(20)17-9-8-15(21-2)12-18(17)22-16-7-3-5-14(11-16)6-4-10-19;1-3-2;1-2/h3,5,7-12H,4,6H2,1-2H3;1-2H3;1-2H3. The average Bonchev–Trinajstić information content (AvgIpc) is 2.68. The van der Waals surface area contributed by atoms with E-state index in [1.54, 1.807) is 40.4 Å². The average molecular weight is 391 g/mol. The summed E-state index contributed by atoms with van der Waals surface area (Å²) in [6, 6.07) is 13.5. The molecule has 0 heterocycles. The molecule has 148 valence electrons. The highest BCUT2D eigenvalue weighted by atomic mass is 32.2. The quantitative estimate of drug-likeness (QED) is 0.463. The Morgan fingerprint density at radius 1 is 1.07 bits per heavy atom. The summed E-state index contributed by atoms with van der Waals surface area (Å²) in [5.74, 6) is 0.756. The molecule has 0 atom stereocenters. The number of ether oxygens (including phenoxy) is 2. The number of hydrogen-bond donors (Lipinski definition) is 0. The fourth-order valence-corrected chi connectivity index (χ4v) is 3.23. The van der Waals surface area contributed by atoms with Crippen LogP contribution >= 0.6 is 11.8 Å². The van der Waals surface area contributed by atoms with Crippen LogP contribution in [0.2, 0.25) is 0 Å². The van der Waals surface area contributed by atoms with Crippen molar-refractivity contribution in [1.29, 1.82) is 0 Å². The van der Waals surface area contributed by atoms with Crippen LogP contribution in [0.15, 0.2) is 52.3 Å². The molecule has 2 aromatic carbocycles. The molecule has 27 heavy (non-hydrogen) atoms. The van der Waals surface area contributed by atoms with E-state index in [1.807, 2.05) is 38.1 Å². The molecule has 0 radical (unpaired) electrons. The van der Waals surface area contributed by atoms with E-state index in [9.17, 15) is 9.59 Å². The summed E-state index contributed by atoms with van der Waals surface area (Å²) in [6.07, 6.45) is 2.18. The highest BCUT2D eigenvalue weighted by Gasteiger charge is 2.10. The monoisotopic (exact) mass is 390 g/mol. The summed E-state index contributed by atoms with van der Waals surface area (Å²) in [5.41, 5.74) is 1.80. The Labute approximate surface area is 167 Å². The van der Waals surface area contributed by atoms with E-state index >= 15 is 0 Å². The van der Waals surface area contributed by atoms with Gasteiger partial charge in [-0.1, -0.05) is 37.7 Å². The largest absolute Gasteiger partial charge is 0.497 e. The van der Waals surface area contributed by atoms with Gasteiger partial charge in [0.2, 0.25) is 0 Å². The first-order valence-corrected chi connectivity index (χ1v) is 9.66. The second-order valence-electron chi connectivity index (χ2n) is 5.28. The molecule has 0 amide bonds. The smallest absolute Gasteiger partial charge is 0.160 e. The lowest BCUT2D eigenvalue weighted by atomic mass is 10.1. The molecule has 2 rings (SSSR count).